The summed E-state index contributed by atoms with van der Waals surface area (Å²) in [6.07, 6.45) is 5.30. The van der Waals surface area contributed by atoms with Gasteiger partial charge in [0.25, 0.3) is 0 Å². The average molecular weight is 180 g/mol. The first-order chi connectivity index (χ1) is 6.22. The number of nitrogens with one attached hydrogen (secondary N) is 2. The van der Waals surface area contributed by atoms with Crippen LogP contribution >= 0.6 is 0 Å². The minimum absolute atomic E-state index is 0.246. The molecule has 1 rings (SSSR count). The minimum Gasteiger partial charge on any atom is -0.351 e. The highest BCUT2D eigenvalue weighted by atomic mass is 16.2. The van der Waals surface area contributed by atoms with E-state index < -0.39 is 6.04 Å². The van der Waals surface area contributed by atoms with Crippen molar-refractivity contribution in [1.82, 2.24) is 15.3 Å². The van der Waals surface area contributed by atoms with Crippen molar-refractivity contribution in [3.8, 4) is 0 Å². The highest BCUT2D eigenvalue weighted by Gasteiger charge is 2.11. The summed E-state index contributed by atoms with van der Waals surface area (Å²) < 4.78 is 0. The summed E-state index contributed by atoms with van der Waals surface area (Å²) in [5.74, 6) is -0.246. The molecule has 0 aliphatic heterocycles. The lowest BCUT2D eigenvalue weighted by atomic mass is 10.2. The molecule has 2 N–H and O–H groups in total. The van der Waals surface area contributed by atoms with Gasteiger partial charge in [0.15, 0.2) is 0 Å². The SMILES string of the molecule is CC(=O)NC([C]=O)Cc1c[nH]cn1. The summed E-state index contributed by atoms with van der Waals surface area (Å²) in [4.78, 5) is 27.7. The lowest BCUT2D eigenvalue weighted by Crippen LogP contribution is -2.36. The van der Waals surface area contributed by atoms with Crippen LogP contribution in [-0.2, 0) is 16.0 Å². The molecule has 1 radical (unpaired) electrons. The van der Waals surface area contributed by atoms with Crippen molar-refractivity contribution < 1.29 is 9.59 Å². The predicted octanol–water partition coefficient (Wildman–Crippen LogP) is -0.433. The summed E-state index contributed by atoms with van der Waals surface area (Å²) in [6.45, 7) is 1.36. The van der Waals surface area contributed by atoms with Gasteiger partial charge in [-0.25, -0.2) is 4.98 Å². The number of hydrogen-bond donors (Lipinski definition) is 2. The molecule has 69 valence electrons. The number of nitrogens with zero attached hydrogens (tertiary/aromatic N) is 1. The zero-order valence-electron chi connectivity index (χ0n) is 7.20. The third-order valence-corrected chi connectivity index (χ3v) is 1.49. The average Bonchev–Trinajstić information content (AvgIpc) is 2.55. The zero-order valence-corrected chi connectivity index (χ0v) is 7.20. The fraction of sp³-hybridized carbons (Fsp3) is 0.375. The van der Waals surface area contributed by atoms with Gasteiger partial charge >= 0.3 is 0 Å². The molecule has 0 aliphatic carbocycles. The number of aromatic nitrogens is 2. The fourth-order valence-corrected chi connectivity index (χ4v) is 0.979. The molecule has 13 heavy (non-hydrogen) atoms. The highest BCUT2D eigenvalue weighted by Crippen LogP contribution is 1.95. The van der Waals surface area contributed by atoms with E-state index in [1.807, 2.05) is 0 Å². The number of rotatable bonds is 4. The Balaban J connectivity index is 2.49. The number of carbonyl (C=O) groups excluding carboxylic acids is 2. The largest absolute Gasteiger partial charge is 0.351 e. The molecule has 5 heteroatoms. The van der Waals surface area contributed by atoms with Crippen molar-refractivity contribution in [2.24, 2.45) is 0 Å². The quantitative estimate of drug-likeness (QED) is 0.660. The number of hydrogen-bond acceptors (Lipinski definition) is 3. The molecule has 1 heterocycles. The monoisotopic (exact) mass is 180 g/mol. The third kappa shape index (κ3) is 3.06. The topological polar surface area (TPSA) is 74.8 Å². The molecule has 0 saturated carbocycles. The summed E-state index contributed by atoms with van der Waals surface area (Å²) in [7, 11) is 0. The van der Waals surface area contributed by atoms with E-state index >= 15 is 0 Å². The zero-order chi connectivity index (χ0) is 9.68. The standard InChI is InChI=1S/C8H10N3O2/c1-6(13)11-8(4-12)2-7-3-9-5-10-7/h3,5,8H,2H2,1H3,(H,9,10)(H,11,13). The molecular weight excluding hydrogens is 170 g/mol. The molecule has 5 nitrogen and oxygen atoms in total. The summed E-state index contributed by atoms with van der Waals surface area (Å²) >= 11 is 0. The van der Waals surface area contributed by atoms with Crippen LogP contribution in [0, 0.1) is 0 Å². The lowest BCUT2D eigenvalue weighted by molar-refractivity contribution is -0.119. The summed E-state index contributed by atoms with van der Waals surface area (Å²) in [6, 6.07) is -0.610. The maximum Gasteiger partial charge on any atom is 0.223 e. The normalized spacial score (nSPS) is 12.1. The van der Waals surface area contributed by atoms with Gasteiger partial charge in [0, 0.05) is 19.5 Å². The Kier molecular flexibility index (Phi) is 3.19. The molecule has 0 fully saturated rings. The second kappa shape index (κ2) is 4.39. The van der Waals surface area contributed by atoms with Crippen molar-refractivity contribution in [3.63, 3.8) is 0 Å². The van der Waals surface area contributed by atoms with Gasteiger partial charge in [-0.3, -0.25) is 9.59 Å². The molecule has 1 aromatic rings. The molecule has 1 aromatic heterocycles. The van der Waals surface area contributed by atoms with Crippen LogP contribution in [0.2, 0.25) is 0 Å². The number of amides is 1. The Bertz CT molecular complexity index is 282. The van der Waals surface area contributed by atoms with Crippen LogP contribution in [-0.4, -0.2) is 28.2 Å². The maximum absolute atomic E-state index is 10.6. The van der Waals surface area contributed by atoms with Gasteiger partial charge < -0.3 is 10.3 Å². The van der Waals surface area contributed by atoms with Crippen molar-refractivity contribution in [1.29, 1.82) is 0 Å². The van der Waals surface area contributed by atoms with Gasteiger partial charge in [-0.15, -0.1) is 0 Å². The van der Waals surface area contributed by atoms with Crippen LogP contribution in [0.5, 0.6) is 0 Å². The Labute approximate surface area is 75.6 Å². The van der Waals surface area contributed by atoms with Gasteiger partial charge in [-0.1, -0.05) is 0 Å². The van der Waals surface area contributed by atoms with Gasteiger partial charge in [0.05, 0.1) is 12.0 Å². The van der Waals surface area contributed by atoms with E-state index in [0.29, 0.717) is 6.42 Å². The van der Waals surface area contributed by atoms with Gasteiger partial charge in [-0.05, 0) is 0 Å². The van der Waals surface area contributed by atoms with E-state index in [1.54, 1.807) is 12.5 Å². The smallest absolute Gasteiger partial charge is 0.223 e. The predicted molar refractivity (Wildman–Crippen MR) is 45.6 cm³/mol. The van der Waals surface area contributed by atoms with Crippen molar-refractivity contribution in [2.45, 2.75) is 19.4 Å². The molecule has 0 aliphatic rings. The van der Waals surface area contributed by atoms with Crippen LogP contribution in [0.4, 0.5) is 0 Å². The van der Waals surface area contributed by atoms with Gasteiger partial charge in [0.2, 0.25) is 12.2 Å². The molecule has 1 amide bonds. The van der Waals surface area contributed by atoms with Gasteiger partial charge in [0.1, 0.15) is 6.04 Å². The van der Waals surface area contributed by atoms with Crippen LogP contribution in [0.25, 0.3) is 0 Å². The number of aromatic amines is 1. The Morgan fingerprint density at radius 2 is 2.62 bits per heavy atom. The van der Waals surface area contributed by atoms with Crippen molar-refractivity contribution >= 4 is 12.2 Å². The molecule has 0 aromatic carbocycles. The highest BCUT2D eigenvalue weighted by molar-refractivity contribution is 5.77. The van der Waals surface area contributed by atoms with E-state index in [0.717, 1.165) is 5.69 Å². The van der Waals surface area contributed by atoms with E-state index in [1.165, 1.54) is 13.3 Å². The maximum atomic E-state index is 10.6. The molecule has 1 unspecified atom stereocenters. The first-order valence-electron chi connectivity index (χ1n) is 3.85. The molecular formula is C8H10N3O2. The Morgan fingerprint density at radius 1 is 1.85 bits per heavy atom. The molecule has 0 bridgehead atoms. The van der Waals surface area contributed by atoms with Crippen LogP contribution in [0.1, 0.15) is 12.6 Å². The van der Waals surface area contributed by atoms with Crippen LogP contribution < -0.4 is 5.32 Å². The Hall–Kier alpha value is -1.65. The van der Waals surface area contributed by atoms with Crippen molar-refractivity contribution in [2.75, 3.05) is 0 Å². The fourth-order valence-electron chi connectivity index (χ4n) is 0.979. The van der Waals surface area contributed by atoms with Crippen molar-refractivity contribution in [3.05, 3.63) is 18.2 Å². The lowest BCUT2D eigenvalue weighted by Gasteiger charge is -2.07. The first kappa shape index (κ1) is 9.44. The van der Waals surface area contributed by atoms with E-state index in [-0.39, 0.29) is 5.91 Å². The van der Waals surface area contributed by atoms with Crippen LogP contribution in [0.15, 0.2) is 12.5 Å². The second-order valence-corrected chi connectivity index (χ2v) is 2.64. The van der Waals surface area contributed by atoms with E-state index in [9.17, 15) is 9.59 Å². The number of H-pyrrole nitrogens is 1. The molecule has 1 atom stereocenters. The molecule has 0 spiro atoms. The summed E-state index contributed by atoms with van der Waals surface area (Å²) in [5.41, 5.74) is 0.724. The second-order valence-electron chi connectivity index (χ2n) is 2.64. The first-order valence-corrected chi connectivity index (χ1v) is 3.85. The van der Waals surface area contributed by atoms with Crippen LogP contribution in [0.3, 0.4) is 0 Å². The number of carbonyl (C=O) groups is 1. The Morgan fingerprint density at radius 3 is 3.08 bits per heavy atom. The van der Waals surface area contributed by atoms with E-state index in [2.05, 4.69) is 15.3 Å². The number of imidazole rings is 1. The molecule has 0 saturated heterocycles. The van der Waals surface area contributed by atoms with E-state index in [4.69, 9.17) is 0 Å². The summed E-state index contributed by atoms with van der Waals surface area (Å²) in [5, 5.41) is 2.45. The minimum atomic E-state index is -0.610. The third-order valence-electron chi connectivity index (χ3n) is 1.49. The van der Waals surface area contributed by atoms with Gasteiger partial charge in [-0.2, -0.15) is 0 Å².